The fourth-order valence-electron chi connectivity index (χ4n) is 2.49. The number of ether oxygens (including phenoxy) is 2. The van der Waals surface area contributed by atoms with E-state index in [1.54, 1.807) is 12.3 Å². The second kappa shape index (κ2) is 6.02. The van der Waals surface area contributed by atoms with Crippen LogP contribution in [0.1, 0.15) is 36.4 Å². The third-order valence-electron chi connectivity index (χ3n) is 3.92. The molecule has 2 aromatic rings. The minimum atomic E-state index is -0.599. The second-order valence-corrected chi connectivity index (χ2v) is 5.32. The SMILES string of the molecule is CCOC1(c2nnc(/C=C/c3cnn(C)c3C)o2)CCOC1. The largest absolute Gasteiger partial charge is 0.418 e. The molecule has 3 rings (SSSR count). The molecular formula is C15H20N4O3. The van der Waals surface area contributed by atoms with Crippen LogP contribution in [0.5, 0.6) is 0 Å². The Morgan fingerprint density at radius 3 is 2.91 bits per heavy atom. The first-order valence-electron chi connectivity index (χ1n) is 7.37. The van der Waals surface area contributed by atoms with Crippen LogP contribution in [-0.4, -0.2) is 39.8 Å². The highest BCUT2D eigenvalue weighted by Gasteiger charge is 2.42. The molecule has 0 spiro atoms. The van der Waals surface area contributed by atoms with Gasteiger partial charge in [0.15, 0.2) is 5.60 Å². The standard InChI is InChI=1S/C15H20N4O3/c1-4-21-15(7-8-20-10-15)14-18-17-13(22-14)6-5-12-9-16-19(3)11(12)2/h5-6,9H,4,7-8,10H2,1-3H3/b6-5+. The number of hydrogen-bond acceptors (Lipinski definition) is 6. The molecule has 1 saturated heterocycles. The lowest BCUT2D eigenvalue weighted by Gasteiger charge is -2.22. The molecule has 1 unspecified atom stereocenters. The van der Waals surface area contributed by atoms with Gasteiger partial charge in [0.25, 0.3) is 5.89 Å². The third-order valence-corrected chi connectivity index (χ3v) is 3.92. The lowest BCUT2D eigenvalue weighted by Crippen LogP contribution is -2.30. The lowest BCUT2D eigenvalue weighted by atomic mass is 10.0. The van der Waals surface area contributed by atoms with Gasteiger partial charge in [-0.1, -0.05) is 0 Å². The Hall–Kier alpha value is -1.99. The topological polar surface area (TPSA) is 75.2 Å². The summed E-state index contributed by atoms with van der Waals surface area (Å²) in [4.78, 5) is 0. The van der Waals surface area contributed by atoms with Gasteiger partial charge < -0.3 is 13.9 Å². The monoisotopic (exact) mass is 304 g/mol. The minimum absolute atomic E-state index is 0.448. The van der Waals surface area contributed by atoms with Gasteiger partial charge in [0, 0.05) is 37.4 Å². The quantitative estimate of drug-likeness (QED) is 0.840. The average molecular weight is 304 g/mol. The van der Waals surface area contributed by atoms with Gasteiger partial charge in [-0.3, -0.25) is 4.68 Å². The van der Waals surface area contributed by atoms with E-state index in [-0.39, 0.29) is 0 Å². The molecule has 22 heavy (non-hydrogen) atoms. The van der Waals surface area contributed by atoms with Crippen LogP contribution in [0.3, 0.4) is 0 Å². The summed E-state index contributed by atoms with van der Waals surface area (Å²) in [5.41, 5.74) is 1.50. The van der Waals surface area contributed by atoms with E-state index >= 15 is 0 Å². The first-order chi connectivity index (χ1) is 10.6. The Balaban J connectivity index is 1.80. The van der Waals surface area contributed by atoms with Crippen molar-refractivity contribution in [2.24, 2.45) is 7.05 Å². The first kappa shape index (κ1) is 14.9. The Bertz CT molecular complexity index is 668. The van der Waals surface area contributed by atoms with E-state index in [9.17, 15) is 0 Å². The summed E-state index contributed by atoms with van der Waals surface area (Å²) < 4.78 is 18.8. The zero-order valence-corrected chi connectivity index (χ0v) is 13.1. The first-order valence-corrected chi connectivity index (χ1v) is 7.37. The fourth-order valence-corrected chi connectivity index (χ4v) is 2.49. The molecule has 1 aliphatic rings. The van der Waals surface area contributed by atoms with Crippen molar-refractivity contribution >= 4 is 12.2 Å². The molecule has 1 aliphatic heterocycles. The van der Waals surface area contributed by atoms with Crippen LogP contribution in [0.25, 0.3) is 12.2 Å². The highest BCUT2D eigenvalue weighted by molar-refractivity contribution is 5.66. The van der Waals surface area contributed by atoms with Gasteiger partial charge in [-0.05, 0) is 19.9 Å². The maximum Gasteiger partial charge on any atom is 0.251 e. The van der Waals surface area contributed by atoms with Crippen LogP contribution in [0.2, 0.25) is 0 Å². The maximum atomic E-state index is 5.82. The molecule has 0 amide bonds. The van der Waals surface area contributed by atoms with Gasteiger partial charge in [-0.15, -0.1) is 10.2 Å². The highest BCUT2D eigenvalue weighted by atomic mass is 16.6. The van der Waals surface area contributed by atoms with Crippen LogP contribution in [0.15, 0.2) is 10.6 Å². The van der Waals surface area contributed by atoms with Gasteiger partial charge in [-0.2, -0.15) is 5.10 Å². The van der Waals surface area contributed by atoms with E-state index in [4.69, 9.17) is 13.9 Å². The van der Waals surface area contributed by atoms with Crippen LogP contribution in [0, 0.1) is 6.92 Å². The smallest absolute Gasteiger partial charge is 0.251 e. The number of nitrogens with zero attached hydrogens (tertiary/aromatic N) is 4. The summed E-state index contributed by atoms with van der Waals surface area (Å²) in [5, 5.41) is 12.4. The molecule has 0 bridgehead atoms. The molecule has 0 radical (unpaired) electrons. The van der Waals surface area contributed by atoms with E-state index in [2.05, 4.69) is 15.3 Å². The zero-order chi connectivity index (χ0) is 15.6. The number of aromatic nitrogens is 4. The van der Waals surface area contributed by atoms with Crippen molar-refractivity contribution in [3.63, 3.8) is 0 Å². The number of hydrogen-bond donors (Lipinski definition) is 0. The molecule has 7 nitrogen and oxygen atoms in total. The fraction of sp³-hybridized carbons (Fsp3) is 0.533. The Morgan fingerprint density at radius 2 is 2.27 bits per heavy atom. The van der Waals surface area contributed by atoms with Gasteiger partial charge in [0.05, 0.1) is 19.4 Å². The summed E-state index contributed by atoms with van der Waals surface area (Å²) >= 11 is 0. The summed E-state index contributed by atoms with van der Waals surface area (Å²) in [6.07, 6.45) is 6.23. The summed E-state index contributed by atoms with van der Waals surface area (Å²) in [6, 6.07) is 0. The number of rotatable bonds is 5. The van der Waals surface area contributed by atoms with Crippen LogP contribution in [-0.2, 0) is 22.1 Å². The van der Waals surface area contributed by atoms with Crippen molar-refractivity contribution in [1.29, 1.82) is 0 Å². The van der Waals surface area contributed by atoms with Crippen LogP contribution in [0.4, 0.5) is 0 Å². The Labute approximate surface area is 128 Å². The molecule has 0 aliphatic carbocycles. The summed E-state index contributed by atoms with van der Waals surface area (Å²) in [6.45, 7) is 5.62. The van der Waals surface area contributed by atoms with Crippen molar-refractivity contribution in [1.82, 2.24) is 20.0 Å². The molecule has 3 heterocycles. The molecule has 0 N–H and O–H groups in total. The predicted octanol–water partition coefficient (Wildman–Crippen LogP) is 1.93. The number of aryl methyl sites for hydroxylation is 1. The second-order valence-electron chi connectivity index (χ2n) is 5.32. The van der Waals surface area contributed by atoms with Crippen molar-refractivity contribution in [2.75, 3.05) is 19.8 Å². The summed E-state index contributed by atoms with van der Waals surface area (Å²) in [7, 11) is 1.91. The lowest BCUT2D eigenvalue weighted by molar-refractivity contribution is -0.0661. The van der Waals surface area contributed by atoms with E-state index in [1.165, 1.54) is 0 Å². The van der Waals surface area contributed by atoms with Gasteiger partial charge in [-0.25, -0.2) is 0 Å². The molecule has 0 saturated carbocycles. The molecule has 2 aromatic heterocycles. The van der Waals surface area contributed by atoms with E-state index in [0.717, 1.165) is 17.7 Å². The summed E-state index contributed by atoms with van der Waals surface area (Å²) in [5.74, 6) is 0.929. The predicted molar refractivity (Wildman–Crippen MR) is 79.9 cm³/mol. The minimum Gasteiger partial charge on any atom is -0.418 e. The van der Waals surface area contributed by atoms with Crippen molar-refractivity contribution in [2.45, 2.75) is 25.9 Å². The molecule has 1 fully saturated rings. The zero-order valence-electron chi connectivity index (χ0n) is 13.1. The van der Waals surface area contributed by atoms with Crippen molar-refractivity contribution in [3.05, 3.63) is 29.2 Å². The van der Waals surface area contributed by atoms with Gasteiger partial charge >= 0.3 is 0 Å². The molecule has 118 valence electrons. The molecular weight excluding hydrogens is 284 g/mol. The van der Waals surface area contributed by atoms with Gasteiger partial charge in [0.1, 0.15) is 0 Å². The molecule has 1 atom stereocenters. The van der Waals surface area contributed by atoms with E-state index in [0.29, 0.717) is 31.6 Å². The Kier molecular flexibility index (Phi) is 4.08. The average Bonchev–Trinajstić information content (AvgIpc) is 3.21. The third kappa shape index (κ3) is 2.69. The Morgan fingerprint density at radius 1 is 1.41 bits per heavy atom. The normalized spacial score (nSPS) is 22.0. The highest BCUT2D eigenvalue weighted by Crippen LogP contribution is 2.33. The maximum absolute atomic E-state index is 5.82. The van der Waals surface area contributed by atoms with Crippen molar-refractivity contribution < 1.29 is 13.9 Å². The van der Waals surface area contributed by atoms with Crippen molar-refractivity contribution in [3.8, 4) is 0 Å². The van der Waals surface area contributed by atoms with Gasteiger partial charge in [0.2, 0.25) is 5.89 Å². The molecule has 0 aromatic carbocycles. The van der Waals surface area contributed by atoms with Crippen LogP contribution < -0.4 is 0 Å². The van der Waals surface area contributed by atoms with E-state index in [1.807, 2.05) is 31.7 Å². The van der Waals surface area contributed by atoms with E-state index < -0.39 is 5.60 Å². The molecule has 7 heteroatoms. The van der Waals surface area contributed by atoms with Crippen LogP contribution >= 0.6 is 0 Å².